The van der Waals surface area contributed by atoms with E-state index in [1.807, 2.05) is 50.2 Å². The molecule has 0 amide bonds. The van der Waals surface area contributed by atoms with Crippen molar-refractivity contribution < 1.29 is 4.74 Å². The van der Waals surface area contributed by atoms with E-state index >= 15 is 0 Å². The van der Waals surface area contributed by atoms with Crippen LogP contribution in [0.3, 0.4) is 0 Å². The predicted molar refractivity (Wildman–Crippen MR) is 111 cm³/mol. The Labute approximate surface area is 160 Å². The first-order valence-corrected chi connectivity index (χ1v) is 9.37. The van der Waals surface area contributed by atoms with Gasteiger partial charge in [0.25, 0.3) is 0 Å². The largest absolute Gasteiger partial charge is 0.381 e. The monoisotopic (exact) mass is 362 g/mol. The molecule has 0 saturated heterocycles. The Hall–Kier alpha value is -2.79. The molecule has 0 unspecified atom stereocenters. The van der Waals surface area contributed by atoms with Gasteiger partial charge in [-0.2, -0.15) is 0 Å². The van der Waals surface area contributed by atoms with E-state index in [1.165, 1.54) is 0 Å². The van der Waals surface area contributed by atoms with Crippen LogP contribution in [0.1, 0.15) is 31.5 Å². The maximum absolute atomic E-state index is 8.75. The van der Waals surface area contributed by atoms with Crippen LogP contribution in [0.15, 0.2) is 48.8 Å². The summed E-state index contributed by atoms with van der Waals surface area (Å²) in [6.07, 6.45) is 4.41. The lowest BCUT2D eigenvalue weighted by molar-refractivity contribution is 0.128. The maximum atomic E-state index is 8.75. The van der Waals surface area contributed by atoms with Crippen LogP contribution in [0.4, 0.5) is 11.4 Å². The summed E-state index contributed by atoms with van der Waals surface area (Å²) >= 11 is 0. The first-order valence-electron chi connectivity index (χ1n) is 9.37. The van der Waals surface area contributed by atoms with Gasteiger partial charge in [-0.3, -0.25) is 9.97 Å². The van der Waals surface area contributed by atoms with E-state index in [0.29, 0.717) is 18.9 Å². The van der Waals surface area contributed by atoms with Crippen molar-refractivity contribution in [2.24, 2.45) is 5.92 Å². The molecular formula is C22H26N4O. The van der Waals surface area contributed by atoms with Crippen LogP contribution in [0.25, 0.3) is 10.9 Å². The third kappa shape index (κ3) is 4.49. The van der Waals surface area contributed by atoms with Crippen molar-refractivity contribution in [3.63, 3.8) is 0 Å². The Kier molecular flexibility index (Phi) is 6.14. The fourth-order valence-electron chi connectivity index (χ4n) is 3.15. The summed E-state index contributed by atoms with van der Waals surface area (Å²) in [5, 5.41) is 13.1. The molecule has 27 heavy (non-hydrogen) atoms. The third-order valence-corrected chi connectivity index (χ3v) is 4.60. The second-order valence-electron chi connectivity index (χ2n) is 6.59. The van der Waals surface area contributed by atoms with Crippen LogP contribution in [-0.2, 0) is 4.74 Å². The molecule has 5 nitrogen and oxygen atoms in total. The molecule has 3 aromatic rings. The Morgan fingerprint density at radius 2 is 2.04 bits per heavy atom. The summed E-state index contributed by atoms with van der Waals surface area (Å²) in [5.74, 6) is 0.0862. The van der Waals surface area contributed by atoms with Crippen LogP contribution in [-0.4, -0.2) is 28.9 Å². The van der Waals surface area contributed by atoms with Crippen molar-refractivity contribution in [1.29, 1.82) is 5.41 Å². The molecule has 0 fully saturated rings. The summed E-state index contributed by atoms with van der Waals surface area (Å²) in [4.78, 5) is 8.81. The van der Waals surface area contributed by atoms with Crippen molar-refractivity contribution in [1.82, 2.24) is 9.97 Å². The number of anilines is 2. The zero-order valence-corrected chi connectivity index (χ0v) is 16.1. The van der Waals surface area contributed by atoms with Crippen LogP contribution in [0.2, 0.25) is 0 Å². The highest BCUT2D eigenvalue weighted by Crippen LogP contribution is 2.26. The van der Waals surface area contributed by atoms with Gasteiger partial charge in [0.05, 0.1) is 24.0 Å². The number of aromatic nitrogens is 2. The molecule has 2 N–H and O–H groups in total. The van der Waals surface area contributed by atoms with E-state index in [4.69, 9.17) is 10.1 Å². The lowest BCUT2D eigenvalue weighted by atomic mass is 9.92. The lowest BCUT2D eigenvalue weighted by Crippen LogP contribution is -2.20. The molecule has 0 spiro atoms. The summed E-state index contributed by atoms with van der Waals surface area (Å²) < 4.78 is 5.58. The molecule has 0 radical (unpaired) electrons. The Bertz CT molecular complexity index is 924. The number of pyridine rings is 2. The maximum Gasteiger partial charge on any atom is 0.0732 e. The number of hydrogen-bond donors (Lipinski definition) is 2. The van der Waals surface area contributed by atoms with Gasteiger partial charge in [-0.05, 0) is 50.6 Å². The van der Waals surface area contributed by atoms with Gasteiger partial charge >= 0.3 is 0 Å². The SMILES string of the molecule is CCOC[C@@H](CC)C(=N)c1cc(C)nc2cc(Nc3cccnc3)ccc12. The second kappa shape index (κ2) is 8.73. The van der Waals surface area contributed by atoms with E-state index in [-0.39, 0.29) is 5.92 Å². The Morgan fingerprint density at radius 3 is 2.74 bits per heavy atom. The highest BCUT2D eigenvalue weighted by atomic mass is 16.5. The van der Waals surface area contributed by atoms with Gasteiger partial charge in [0.15, 0.2) is 0 Å². The molecule has 140 valence electrons. The first-order chi connectivity index (χ1) is 13.1. The van der Waals surface area contributed by atoms with Crippen molar-refractivity contribution in [2.45, 2.75) is 27.2 Å². The highest BCUT2D eigenvalue weighted by molar-refractivity contribution is 6.10. The van der Waals surface area contributed by atoms with Crippen LogP contribution >= 0.6 is 0 Å². The zero-order chi connectivity index (χ0) is 19.2. The predicted octanol–water partition coefficient (Wildman–Crippen LogP) is 5.11. The average Bonchev–Trinajstić information content (AvgIpc) is 2.68. The minimum atomic E-state index is 0.0862. The second-order valence-corrected chi connectivity index (χ2v) is 6.59. The van der Waals surface area contributed by atoms with Crippen LogP contribution in [0, 0.1) is 18.3 Å². The summed E-state index contributed by atoms with van der Waals surface area (Å²) in [6, 6.07) is 12.0. The van der Waals surface area contributed by atoms with Crippen LogP contribution < -0.4 is 5.32 Å². The zero-order valence-electron chi connectivity index (χ0n) is 16.1. The number of nitrogens with zero attached hydrogens (tertiary/aromatic N) is 2. The van der Waals surface area contributed by atoms with Crippen molar-refractivity contribution in [3.8, 4) is 0 Å². The molecule has 2 heterocycles. The molecule has 3 rings (SSSR count). The van der Waals surface area contributed by atoms with E-state index < -0.39 is 0 Å². The summed E-state index contributed by atoms with van der Waals surface area (Å²) in [7, 11) is 0. The molecule has 0 aliphatic carbocycles. The molecule has 2 aromatic heterocycles. The number of aryl methyl sites for hydroxylation is 1. The number of benzene rings is 1. The van der Waals surface area contributed by atoms with E-state index in [0.717, 1.165) is 40.0 Å². The quantitative estimate of drug-likeness (QED) is 0.546. The van der Waals surface area contributed by atoms with Gasteiger partial charge in [0.1, 0.15) is 0 Å². The molecular weight excluding hydrogens is 336 g/mol. The minimum absolute atomic E-state index is 0.0862. The number of ether oxygens (including phenoxy) is 1. The van der Waals surface area contributed by atoms with Crippen molar-refractivity contribution >= 4 is 28.0 Å². The Morgan fingerprint density at radius 1 is 1.19 bits per heavy atom. The lowest BCUT2D eigenvalue weighted by Gasteiger charge is -2.18. The van der Waals surface area contributed by atoms with Crippen molar-refractivity contribution in [2.75, 3.05) is 18.5 Å². The summed E-state index contributed by atoms with van der Waals surface area (Å²) in [5.41, 5.74) is 5.24. The van der Waals surface area contributed by atoms with Gasteiger partial charge in [0.2, 0.25) is 0 Å². The first kappa shape index (κ1) is 19.0. The third-order valence-electron chi connectivity index (χ3n) is 4.60. The molecule has 0 aliphatic heterocycles. The topological polar surface area (TPSA) is 70.9 Å². The molecule has 1 aromatic carbocycles. The highest BCUT2D eigenvalue weighted by Gasteiger charge is 2.18. The van der Waals surface area contributed by atoms with E-state index in [9.17, 15) is 0 Å². The van der Waals surface area contributed by atoms with Gasteiger partial charge in [0, 0.05) is 46.8 Å². The molecule has 1 atom stereocenters. The fourth-order valence-corrected chi connectivity index (χ4v) is 3.15. The van der Waals surface area contributed by atoms with Gasteiger partial charge in [-0.15, -0.1) is 0 Å². The Balaban J connectivity index is 1.96. The van der Waals surface area contributed by atoms with E-state index in [1.54, 1.807) is 12.4 Å². The van der Waals surface area contributed by atoms with Crippen LogP contribution in [0.5, 0.6) is 0 Å². The molecule has 0 saturated carbocycles. The smallest absolute Gasteiger partial charge is 0.0732 e. The number of rotatable bonds is 8. The number of hydrogen-bond acceptors (Lipinski definition) is 5. The van der Waals surface area contributed by atoms with Crippen molar-refractivity contribution in [3.05, 3.63) is 60.0 Å². The molecule has 0 aliphatic rings. The normalized spacial score (nSPS) is 12.1. The number of fused-ring (bicyclic) bond motifs is 1. The molecule has 5 heteroatoms. The van der Waals surface area contributed by atoms with E-state index in [2.05, 4.69) is 22.2 Å². The fraction of sp³-hybridized carbons (Fsp3) is 0.318. The standard InChI is InChI=1S/C22H26N4O/c1-4-16(14-27-5-2)22(23)20-11-15(3)25-21-12-17(8-9-19(20)21)26-18-7-6-10-24-13-18/h6-13,16,23,26H,4-5,14H2,1-3H3/t16-/m1/s1. The van der Waals surface area contributed by atoms with Gasteiger partial charge < -0.3 is 15.5 Å². The number of nitrogens with one attached hydrogen (secondary N) is 2. The molecule has 0 bridgehead atoms. The van der Waals surface area contributed by atoms with Gasteiger partial charge in [-0.1, -0.05) is 13.0 Å². The minimum Gasteiger partial charge on any atom is -0.381 e. The summed E-state index contributed by atoms with van der Waals surface area (Å²) in [6.45, 7) is 7.31. The van der Waals surface area contributed by atoms with Gasteiger partial charge in [-0.25, -0.2) is 0 Å². The average molecular weight is 362 g/mol.